The molecule has 1 aromatic heterocycles. The Labute approximate surface area is 146 Å². The van der Waals surface area contributed by atoms with Crippen LogP contribution in [0.1, 0.15) is 35.7 Å². The molecule has 1 aromatic carbocycles. The fourth-order valence-electron chi connectivity index (χ4n) is 2.62. The van der Waals surface area contributed by atoms with E-state index in [0.717, 1.165) is 18.4 Å². The Kier molecular flexibility index (Phi) is 4.97. The van der Waals surface area contributed by atoms with Crippen LogP contribution in [0.3, 0.4) is 0 Å². The normalized spacial score (nSPS) is 14.6. The number of amides is 1. The molecule has 0 spiro atoms. The van der Waals surface area contributed by atoms with Gasteiger partial charge in [0.25, 0.3) is 5.91 Å². The smallest absolute Gasteiger partial charge is 0.326 e. The van der Waals surface area contributed by atoms with E-state index in [1.165, 1.54) is 4.90 Å². The van der Waals surface area contributed by atoms with Crippen LogP contribution >= 0.6 is 0 Å². The Morgan fingerprint density at radius 2 is 1.84 bits per heavy atom. The van der Waals surface area contributed by atoms with Crippen molar-refractivity contribution in [1.82, 2.24) is 9.88 Å². The number of rotatable bonds is 7. The molecule has 130 valence electrons. The summed E-state index contributed by atoms with van der Waals surface area (Å²) in [7, 11) is 0. The van der Waals surface area contributed by atoms with E-state index >= 15 is 0 Å². The molecule has 6 heteroatoms. The minimum Gasteiger partial charge on any atom is -0.489 e. The van der Waals surface area contributed by atoms with Crippen molar-refractivity contribution in [3.8, 4) is 5.75 Å². The van der Waals surface area contributed by atoms with E-state index in [1.807, 2.05) is 12.1 Å². The highest BCUT2D eigenvalue weighted by Crippen LogP contribution is 2.30. The summed E-state index contributed by atoms with van der Waals surface area (Å²) in [6.45, 7) is 1.96. The topological polar surface area (TPSA) is 79.7 Å². The summed E-state index contributed by atoms with van der Waals surface area (Å²) < 4.78 is 5.69. The lowest BCUT2D eigenvalue weighted by Crippen LogP contribution is -2.44. The summed E-state index contributed by atoms with van der Waals surface area (Å²) in [4.78, 5) is 29.4. The first-order chi connectivity index (χ1) is 12.1. The zero-order chi connectivity index (χ0) is 17.8. The standard InChI is InChI=1S/C19H20N2O4/c1-13(19(23)24)21(16-4-5-16)18(22)15-2-6-17(7-3-15)25-12-14-8-10-20-11-9-14/h2-3,6-11,13,16H,4-5,12H2,1H3,(H,23,24). The zero-order valence-corrected chi connectivity index (χ0v) is 14.0. The molecule has 1 heterocycles. The number of carbonyl (C=O) groups excluding carboxylic acids is 1. The predicted octanol–water partition coefficient (Wildman–Crippen LogP) is 2.74. The van der Waals surface area contributed by atoms with E-state index in [2.05, 4.69) is 4.98 Å². The average Bonchev–Trinajstić information content (AvgIpc) is 3.46. The van der Waals surface area contributed by atoms with Gasteiger partial charge in [-0.25, -0.2) is 4.79 Å². The number of aliphatic carboxylic acids is 1. The van der Waals surface area contributed by atoms with Crippen LogP contribution in [-0.4, -0.2) is 39.0 Å². The van der Waals surface area contributed by atoms with Crippen LogP contribution in [0.15, 0.2) is 48.8 Å². The van der Waals surface area contributed by atoms with Gasteiger partial charge in [-0.2, -0.15) is 0 Å². The van der Waals surface area contributed by atoms with Gasteiger partial charge >= 0.3 is 5.97 Å². The van der Waals surface area contributed by atoms with Crippen LogP contribution in [0.4, 0.5) is 0 Å². The number of ether oxygens (including phenoxy) is 1. The Bertz CT molecular complexity index is 742. The first kappa shape index (κ1) is 17.0. The molecule has 6 nitrogen and oxygen atoms in total. The largest absolute Gasteiger partial charge is 0.489 e. The third-order valence-electron chi connectivity index (χ3n) is 4.21. The number of pyridine rings is 1. The first-order valence-corrected chi connectivity index (χ1v) is 8.23. The molecule has 0 radical (unpaired) electrons. The highest BCUT2D eigenvalue weighted by molar-refractivity contribution is 5.97. The van der Waals surface area contributed by atoms with E-state index in [0.29, 0.717) is 17.9 Å². The van der Waals surface area contributed by atoms with E-state index in [9.17, 15) is 14.7 Å². The van der Waals surface area contributed by atoms with E-state index in [4.69, 9.17) is 4.74 Å². The minimum absolute atomic E-state index is 0.0289. The van der Waals surface area contributed by atoms with Crippen LogP contribution in [0.2, 0.25) is 0 Å². The van der Waals surface area contributed by atoms with Crippen molar-refractivity contribution in [1.29, 1.82) is 0 Å². The maximum atomic E-state index is 12.7. The number of hydrogen-bond acceptors (Lipinski definition) is 4. The van der Waals surface area contributed by atoms with E-state index < -0.39 is 12.0 Å². The molecule has 1 unspecified atom stereocenters. The van der Waals surface area contributed by atoms with Gasteiger partial charge in [0, 0.05) is 24.0 Å². The molecule has 1 aliphatic rings. The maximum absolute atomic E-state index is 12.7. The van der Waals surface area contributed by atoms with Crippen molar-refractivity contribution in [2.24, 2.45) is 0 Å². The zero-order valence-electron chi connectivity index (χ0n) is 14.0. The molecular weight excluding hydrogens is 320 g/mol. The van der Waals surface area contributed by atoms with Gasteiger partial charge in [0.15, 0.2) is 0 Å². The van der Waals surface area contributed by atoms with Crippen LogP contribution < -0.4 is 4.74 Å². The summed E-state index contributed by atoms with van der Waals surface area (Å²) in [5.74, 6) is -0.590. The van der Waals surface area contributed by atoms with Gasteiger partial charge in [-0.3, -0.25) is 9.78 Å². The summed E-state index contributed by atoms with van der Waals surface area (Å²) in [6.07, 6.45) is 5.13. The quantitative estimate of drug-likeness (QED) is 0.838. The summed E-state index contributed by atoms with van der Waals surface area (Å²) in [5, 5.41) is 9.23. The van der Waals surface area contributed by atoms with Gasteiger partial charge in [-0.1, -0.05) is 0 Å². The van der Waals surface area contributed by atoms with E-state index in [-0.39, 0.29) is 11.9 Å². The maximum Gasteiger partial charge on any atom is 0.326 e. The van der Waals surface area contributed by atoms with Crippen molar-refractivity contribution in [3.05, 3.63) is 59.9 Å². The highest BCUT2D eigenvalue weighted by atomic mass is 16.5. The highest BCUT2D eigenvalue weighted by Gasteiger charge is 2.38. The second-order valence-electron chi connectivity index (χ2n) is 6.13. The van der Waals surface area contributed by atoms with Gasteiger partial charge in [0.2, 0.25) is 0 Å². The Balaban J connectivity index is 1.66. The summed E-state index contributed by atoms with van der Waals surface area (Å²) >= 11 is 0. The van der Waals surface area contributed by atoms with Gasteiger partial charge < -0.3 is 14.7 Å². The number of benzene rings is 1. The predicted molar refractivity (Wildman–Crippen MR) is 91.3 cm³/mol. The number of carbonyl (C=O) groups is 2. The average molecular weight is 340 g/mol. The first-order valence-electron chi connectivity index (χ1n) is 8.23. The van der Waals surface area contributed by atoms with Gasteiger partial charge in [-0.05, 0) is 61.7 Å². The molecule has 1 saturated carbocycles. The number of carboxylic acids is 1. The molecule has 0 saturated heterocycles. The van der Waals surface area contributed by atoms with Crippen molar-refractivity contribution >= 4 is 11.9 Å². The van der Waals surface area contributed by atoms with Crippen molar-refractivity contribution in [3.63, 3.8) is 0 Å². The van der Waals surface area contributed by atoms with Gasteiger partial charge in [-0.15, -0.1) is 0 Å². The molecule has 1 atom stereocenters. The summed E-state index contributed by atoms with van der Waals surface area (Å²) in [6, 6.07) is 9.75. The fourth-order valence-corrected chi connectivity index (χ4v) is 2.62. The SMILES string of the molecule is CC(C(=O)O)N(C(=O)c1ccc(OCc2ccncc2)cc1)C1CC1. The Hall–Kier alpha value is -2.89. The molecule has 2 aromatic rings. The molecule has 0 bridgehead atoms. The fraction of sp³-hybridized carbons (Fsp3) is 0.316. The second-order valence-corrected chi connectivity index (χ2v) is 6.13. The third-order valence-corrected chi connectivity index (χ3v) is 4.21. The third kappa shape index (κ3) is 4.15. The Morgan fingerprint density at radius 1 is 1.20 bits per heavy atom. The number of aromatic nitrogens is 1. The molecule has 1 N–H and O–H groups in total. The molecule has 25 heavy (non-hydrogen) atoms. The lowest BCUT2D eigenvalue weighted by Gasteiger charge is -2.26. The summed E-state index contributed by atoms with van der Waals surface area (Å²) in [5.41, 5.74) is 1.47. The Morgan fingerprint density at radius 3 is 2.40 bits per heavy atom. The van der Waals surface area contributed by atoms with Crippen LogP contribution in [0.5, 0.6) is 5.75 Å². The molecule has 1 amide bonds. The second kappa shape index (κ2) is 7.34. The lowest BCUT2D eigenvalue weighted by molar-refractivity contribution is -0.141. The van der Waals surface area contributed by atoms with Crippen molar-refractivity contribution in [2.45, 2.75) is 38.5 Å². The number of carboxylic acid groups (broad SMARTS) is 1. The molecule has 1 fully saturated rings. The van der Waals surface area contributed by atoms with Crippen molar-refractivity contribution in [2.75, 3.05) is 0 Å². The monoisotopic (exact) mass is 340 g/mol. The lowest BCUT2D eigenvalue weighted by atomic mass is 10.1. The van der Waals surface area contributed by atoms with Crippen LogP contribution in [0.25, 0.3) is 0 Å². The van der Waals surface area contributed by atoms with Gasteiger partial charge in [0.1, 0.15) is 18.4 Å². The van der Waals surface area contributed by atoms with Gasteiger partial charge in [0.05, 0.1) is 0 Å². The van der Waals surface area contributed by atoms with Crippen LogP contribution in [-0.2, 0) is 11.4 Å². The molecular formula is C19H20N2O4. The van der Waals surface area contributed by atoms with Crippen molar-refractivity contribution < 1.29 is 19.4 Å². The number of nitrogens with zero attached hydrogens (tertiary/aromatic N) is 2. The minimum atomic E-state index is -0.988. The molecule has 0 aliphatic heterocycles. The molecule has 3 rings (SSSR count). The number of hydrogen-bond donors (Lipinski definition) is 1. The van der Waals surface area contributed by atoms with E-state index in [1.54, 1.807) is 43.6 Å². The molecule has 1 aliphatic carbocycles. The van der Waals surface area contributed by atoms with Crippen LogP contribution in [0, 0.1) is 0 Å².